The fourth-order valence-electron chi connectivity index (χ4n) is 3.34. The van der Waals surface area contributed by atoms with Gasteiger partial charge in [0.15, 0.2) is 0 Å². The summed E-state index contributed by atoms with van der Waals surface area (Å²) in [6.45, 7) is 2.24. The quantitative estimate of drug-likeness (QED) is 0.276. The van der Waals surface area contributed by atoms with Gasteiger partial charge in [0.2, 0.25) is 0 Å². The number of benzene rings is 3. The zero-order valence-electron chi connectivity index (χ0n) is 18.8. The number of halogens is 2. The molecule has 35 heavy (non-hydrogen) atoms. The van der Waals surface area contributed by atoms with Crippen LogP contribution in [0.15, 0.2) is 95.0 Å². The van der Waals surface area contributed by atoms with Gasteiger partial charge in [-0.2, -0.15) is 0 Å². The average Bonchev–Trinajstić information content (AvgIpc) is 3.31. The topological polar surface area (TPSA) is 71.3 Å². The first-order chi connectivity index (χ1) is 16.9. The summed E-state index contributed by atoms with van der Waals surface area (Å²) in [4.78, 5) is 25.9. The highest BCUT2D eigenvalue weighted by molar-refractivity contribution is 6.36. The van der Waals surface area contributed by atoms with E-state index in [4.69, 9.17) is 27.6 Å². The predicted molar refractivity (Wildman–Crippen MR) is 139 cm³/mol. The average molecular weight is 505 g/mol. The van der Waals surface area contributed by atoms with Gasteiger partial charge < -0.3 is 15.1 Å². The van der Waals surface area contributed by atoms with Gasteiger partial charge in [0, 0.05) is 28.8 Å². The Kier molecular flexibility index (Phi) is 7.70. The molecule has 0 fully saturated rings. The molecule has 0 aliphatic carbocycles. The molecule has 2 N–H and O–H groups in total. The van der Waals surface area contributed by atoms with Crippen molar-refractivity contribution in [3.63, 3.8) is 0 Å². The zero-order valence-corrected chi connectivity index (χ0v) is 20.4. The SMILES string of the molecule is Cc1ccc(C(=O)N/C(=C\c2ccc(-c3ccc(Cl)cc3Cl)o2)C(=O)NCc2ccccc2)cc1. The van der Waals surface area contributed by atoms with E-state index in [1.54, 1.807) is 42.5 Å². The lowest BCUT2D eigenvalue weighted by atomic mass is 10.1. The Morgan fingerprint density at radius 1 is 0.914 bits per heavy atom. The maximum atomic E-state index is 13.0. The summed E-state index contributed by atoms with van der Waals surface area (Å²) in [7, 11) is 0. The molecule has 0 aliphatic rings. The Morgan fingerprint density at radius 3 is 2.37 bits per heavy atom. The highest BCUT2D eigenvalue weighted by Gasteiger charge is 2.16. The van der Waals surface area contributed by atoms with Crippen LogP contribution in [0.3, 0.4) is 0 Å². The number of nitrogens with one attached hydrogen (secondary N) is 2. The highest BCUT2D eigenvalue weighted by Crippen LogP contribution is 2.32. The van der Waals surface area contributed by atoms with Crippen molar-refractivity contribution in [2.75, 3.05) is 0 Å². The number of carbonyl (C=O) groups is 2. The van der Waals surface area contributed by atoms with Crippen LogP contribution in [0.1, 0.15) is 27.2 Å². The fourth-order valence-corrected chi connectivity index (χ4v) is 3.84. The summed E-state index contributed by atoms with van der Waals surface area (Å²) >= 11 is 12.3. The van der Waals surface area contributed by atoms with Crippen LogP contribution in [0.2, 0.25) is 10.0 Å². The second-order valence-electron chi connectivity index (χ2n) is 7.87. The van der Waals surface area contributed by atoms with Crippen LogP contribution in [0.25, 0.3) is 17.4 Å². The van der Waals surface area contributed by atoms with Crippen LogP contribution < -0.4 is 10.6 Å². The van der Waals surface area contributed by atoms with Crippen molar-refractivity contribution in [1.82, 2.24) is 10.6 Å². The lowest BCUT2D eigenvalue weighted by Gasteiger charge is -2.11. The molecule has 0 radical (unpaired) electrons. The largest absolute Gasteiger partial charge is 0.457 e. The lowest BCUT2D eigenvalue weighted by Crippen LogP contribution is -2.34. The maximum Gasteiger partial charge on any atom is 0.268 e. The molecule has 0 saturated carbocycles. The third kappa shape index (κ3) is 6.41. The molecule has 4 rings (SSSR count). The molecule has 0 spiro atoms. The van der Waals surface area contributed by atoms with E-state index >= 15 is 0 Å². The van der Waals surface area contributed by atoms with E-state index in [0.717, 1.165) is 11.1 Å². The molecule has 7 heteroatoms. The number of hydrogen-bond donors (Lipinski definition) is 2. The molecule has 3 aromatic carbocycles. The smallest absolute Gasteiger partial charge is 0.268 e. The number of aryl methyl sites for hydroxylation is 1. The third-order valence-corrected chi connectivity index (χ3v) is 5.76. The molecule has 0 bridgehead atoms. The number of amides is 2. The van der Waals surface area contributed by atoms with Crippen LogP contribution in [-0.4, -0.2) is 11.8 Å². The molecular weight excluding hydrogens is 483 g/mol. The Morgan fingerprint density at radius 2 is 1.66 bits per heavy atom. The Bertz CT molecular complexity index is 1380. The van der Waals surface area contributed by atoms with Crippen LogP contribution >= 0.6 is 23.2 Å². The number of carbonyl (C=O) groups excluding carboxylic acids is 2. The van der Waals surface area contributed by atoms with Gasteiger partial charge in [0.25, 0.3) is 11.8 Å². The summed E-state index contributed by atoms with van der Waals surface area (Å²) in [5, 5.41) is 6.51. The van der Waals surface area contributed by atoms with Crippen molar-refractivity contribution in [3.05, 3.63) is 123 Å². The van der Waals surface area contributed by atoms with Gasteiger partial charge in [-0.3, -0.25) is 9.59 Å². The molecule has 4 aromatic rings. The molecule has 5 nitrogen and oxygen atoms in total. The Hall–Kier alpha value is -3.80. The van der Waals surface area contributed by atoms with E-state index in [-0.39, 0.29) is 5.70 Å². The van der Waals surface area contributed by atoms with Gasteiger partial charge >= 0.3 is 0 Å². The summed E-state index contributed by atoms with van der Waals surface area (Å²) in [5.41, 5.74) is 3.11. The number of rotatable bonds is 7. The van der Waals surface area contributed by atoms with Crippen molar-refractivity contribution < 1.29 is 14.0 Å². The van der Waals surface area contributed by atoms with Crippen molar-refractivity contribution in [3.8, 4) is 11.3 Å². The van der Waals surface area contributed by atoms with E-state index in [1.165, 1.54) is 6.08 Å². The molecular formula is C28H22Cl2N2O3. The van der Waals surface area contributed by atoms with Crippen molar-refractivity contribution in [2.45, 2.75) is 13.5 Å². The van der Waals surface area contributed by atoms with E-state index in [0.29, 0.717) is 39.2 Å². The van der Waals surface area contributed by atoms with Gasteiger partial charge in [-0.15, -0.1) is 0 Å². The van der Waals surface area contributed by atoms with Gasteiger partial charge in [-0.25, -0.2) is 0 Å². The second-order valence-corrected chi connectivity index (χ2v) is 8.72. The highest BCUT2D eigenvalue weighted by atomic mass is 35.5. The molecule has 0 unspecified atom stereocenters. The fraction of sp³-hybridized carbons (Fsp3) is 0.0714. The lowest BCUT2D eigenvalue weighted by molar-refractivity contribution is -0.117. The minimum atomic E-state index is -0.447. The third-order valence-electron chi connectivity index (χ3n) is 5.21. The van der Waals surface area contributed by atoms with Crippen molar-refractivity contribution in [2.24, 2.45) is 0 Å². The Balaban J connectivity index is 1.60. The Labute approximate surface area is 213 Å². The van der Waals surface area contributed by atoms with E-state index in [9.17, 15) is 9.59 Å². The minimum Gasteiger partial charge on any atom is -0.457 e. The molecule has 1 heterocycles. The van der Waals surface area contributed by atoms with E-state index in [2.05, 4.69) is 10.6 Å². The van der Waals surface area contributed by atoms with Crippen LogP contribution in [-0.2, 0) is 11.3 Å². The molecule has 0 aliphatic heterocycles. The maximum absolute atomic E-state index is 13.0. The molecule has 1 aromatic heterocycles. The molecule has 0 saturated heterocycles. The van der Waals surface area contributed by atoms with Gasteiger partial charge in [-0.05, 0) is 55.0 Å². The minimum absolute atomic E-state index is 0.0506. The van der Waals surface area contributed by atoms with Crippen LogP contribution in [0.5, 0.6) is 0 Å². The zero-order chi connectivity index (χ0) is 24.8. The second kappa shape index (κ2) is 11.1. The van der Waals surface area contributed by atoms with E-state index < -0.39 is 11.8 Å². The van der Waals surface area contributed by atoms with Gasteiger partial charge in [-0.1, -0.05) is 71.2 Å². The first-order valence-electron chi connectivity index (χ1n) is 10.9. The standard InChI is InChI=1S/C28H22Cl2N2O3/c1-18-7-9-20(10-8-18)27(33)32-25(28(34)31-17-19-5-3-2-4-6-19)16-22-12-14-26(35-22)23-13-11-21(29)15-24(23)30/h2-16H,17H2,1H3,(H,31,34)(H,32,33)/b25-16-. The van der Waals surface area contributed by atoms with Crippen molar-refractivity contribution in [1.29, 1.82) is 0 Å². The van der Waals surface area contributed by atoms with E-state index in [1.807, 2.05) is 49.4 Å². The first kappa shape index (κ1) is 24.3. The van der Waals surface area contributed by atoms with Crippen LogP contribution in [0, 0.1) is 6.92 Å². The molecule has 0 atom stereocenters. The molecule has 2 amide bonds. The summed E-state index contributed by atoms with van der Waals surface area (Å²) in [5.74, 6) is 0.0299. The molecule has 176 valence electrons. The summed E-state index contributed by atoms with van der Waals surface area (Å²) < 4.78 is 5.90. The summed E-state index contributed by atoms with van der Waals surface area (Å²) in [6, 6.07) is 25.1. The number of furan rings is 1. The van der Waals surface area contributed by atoms with Crippen molar-refractivity contribution >= 4 is 41.1 Å². The first-order valence-corrected chi connectivity index (χ1v) is 11.6. The van der Waals surface area contributed by atoms with Crippen LogP contribution in [0.4, 0.5) is 0 Å². The van der Waals surface area contributed by atoms with Gasteiger partial charge in [0.1, 0.15) is 17.2 Å². The normalized spacial score (nSPS) is 11.2. The van der Waals surface area contributed by atoms with Gasteiger partial charge in [0.05, 0.1) is 5.02 Å². The predicted octanol–water partition coefficient (Wildman–Crippen LogP) is 6.65. The monoisotopic (exact) mass is 504 g/mol. The summed E-state index contributed by atoms with van der Waals surface area (Å²) in [6.07, 6.45) is 1.49. The number of hydrogen-bond acceptors (Lipinski definition) is 3.